The average molecular weight is 369 g/mol. The van der Waals surface area contributed by atoms with Crippen LogP contribution in [0.5, 0.6) is 0 Å². The Labute approximate surface area is 164 Å². The molecule has 1 heteroatoms. The van der Waals surface area contributed by atoms with Crippen LogP contribution >= 0.6 is 11.3 Å². The molecule has 5 rings (SSSR count). The molecular weight excluding hydrogens is 344 g/mol. The van der Waals surface area contributed by atoms with E-state index in [2.05, 4.69) is 73.7 Å². The van der Waals surface area contributed by atoms with Crippen LogP contribution in [0.25, 0.3) is 41.7 Å². The second kappa shape index (κ2) is 6.98. The molecule has 0 unspecified atom stereocenters. The molecule has 0 bridgehead atoms. The third-order valence-corrected chi connectivity index (χ3v) is 6.80. The average Bonchev–Trinajstić information content (AvgIpc) is 3.04. The van der Waals surface area contributed by atoms with Crippen molar-refractivity contribution in [2.24, 2.45) is 0 Å². The van der Waals surface area contributed by atoms with Crippen LogP contribution in [0.15, 0.2) is 66.7 Å². The van der Waals surface area contributed by atoms with Crippen molar-refractivity contribution in [1.29, 1.82) is 0 Å². The highest BCUT2D eigenvalue weighted by Crippen LogP contribution is 2.38. The largest absolute Gasteiger partial charge is 0.135 e. The van der Waals surface area contributed by atoms with Crippen molar-refractivity contribution >= 4 is 53.1 Å². The SMILES string of the molecule is CCCCCCc1ccc2cc3c(cc2c1)sc1cc2ccccc2cc13. The molecule has 0 N–H and O–H groups in total. The topological polar surface area (TPSA) is 0 Å². The van der Waals surface area contributed by atoms with E-state index < -0.39 is 0 Å². The minimum Gasteiger partial charge on any atom is -0.135 e. The second-order valence-corrected chi connectivity index (χ2v) is 8.72. The predicted molar refractivity (Wildman–Crippen MR) is 122 cm³/mol. The first-order valence-corrected chi connectivity index (χ1v) is 10.9. The number of rotatable bonds is 5. The van der Waals surface area contributed by atoms with Gasteiger partial charge in [-0.3, -0.25) is 0 Å². The fraction of sp³-hybridized carbons (Fsp3) is 0.231. The van der Waals surface area contributed by atoms with Crippen molar-refractivity contribution < 1.29 is 0 Å². The van der Waals surface area contributed by atoms with Gasteiger partial charge in [0.15, 0.2) is 0 Å². The number of thiophene rings is 1. The van der Waals surface area contributed by atoms with Crippen molar-refractivity contribution in [2.45, 2.75) is 39.0 Å². The summed E-state index contributed by atoms with van der Waals surface area (Å²) in [5, 5.41) is 8.17. The van der Waals surface area contributed by atoms with E-state index in [9.17, 15) is 0 Å². The van der Waals surface area contributed by atoms with Gasteiger partial charge in [0.1, 0.15) is 0 Å². The summed E-state index contributed by atoms with van der Waals surface area (Å²) in [6, 6.07) is 25.2. The Hall–Kier alpha value is -2.38. The fourth-order valence-electron chi connectivity index (χ4n) is 4.17. The van der Waals surface area contributed by atoms with Gasteiger partial charge in [0.2, 0.25) is 0 Å². The van der Waals surface area contributed by atoms with Crippen molar-refractivity contribution in [3.63, 3.8) is 0 Å². The van der Waals surface area contributed by atoms with Crippen molar-refractivity contribution in [3.05, 3.63) is 72.3 Å². The lowest BCUT2D eigenvalue weighted by Gasteiger charge is -2.05. The molecule has 0 radical (unpaired) electrons. The maximum Gasteiger partial charge on any atom is 0.0361 e. The quantitative estimate of drug-likeness (QED) is 0.273. The second-order valence-electron chi connectivity index (χ2n) is 7.64. The van der Waals surface area contributed by atoms with Gasteiger partial charge in [-0.05, 0) is 64.2 Å². The number of hydrogen-bond donors (Lipinski definition) is 0. The van der Waals surface area contributed by atoms with Gasteiger partial charge in [0.25, 0.3) is 0 Å². The molecule has 1 aromatic heterocycles. The summed E-state index contributed by atoms with van der Waals surface area (Å²) in [4.78, 5) is 0. The molecule has 0 fully saturated rings. The number of fused-ring (bicyclic) bond motifs is 5. The minimum absolute atomic E-state index is 1.20. The zero-order chi connectivity index (χ0) is 18.2. The monoisotopic (exact) mass is 368 g/mol. The van der Waals surface area contributed by atoms with Gasteiger partial charge in [-0.15, -0.1) is 11.3 Å². The molecule has 0 spiro atoms. The Kier molecular flexibility index (Phi) is 4.33. The standard InChI is InChI=1S/C26H24S/c1-2-3-4-5-8-18-11-12-21-15-24-23-14-19-9-6-7-10-20(19)16-25(23)27-26(24)17-22(21)13-18/h6-7,9-17H,2-5,8H2,1H3. The van der Waals surface area contributed by atoms with Crippen molar-refractivity contribution in [1.82, 2.24) is 0 Å². The molecule has 27 heavy (non-hydrogen) atoms. The summed E-state index contributed by atoms with van der Waals surface area (Å²) in [5.74, 6) is 0. The smallest absolute Gasteiger partial charge is 0.0361 e. The molecule has 0 amide bonds. The normalized spacial score (nSPS) is 11.9. The highest BCUT2D eigenvalue weighted by atomic mass is 32.1. The van der Waals surface area contributed by atoms with Crippen LogP contribution in [0.3, 0.4) is 0 Å². The Balaban J connectivity index is 1.60. The van der Waals surface area contributed by atoms with E-state index in [1.165, 1.54) is 79.4 Å². The predicted octanol–water partition coefficient (Wildman–Crippen LogP) is 8.48. The molecule has 4 aromatic carbocycles. The summed E-state index contributed by atoms with van der Waals surface area (Å²) >= 11 is 1.92. The van der Waals surface area contributed by atoms with Crippen molar-refractivity contribution in [2.75, 3.05) is 0 Å². The summed E-state index contributed by atoms with van der Waals surface area (Å²) in [6.45, 7) is 2.27. The van der Waals surface area contributed by atoms with Gasteiger partial charge in [0, 0.05) is 20.2 Å². The van der Waals surface area contributed by atoms with E-state index in [0.717, 1.165) is 0 Å². The Bertz CT molecular complexity index is 1260. The molecule has 0 saturated carbocycles. The van der Waals surface area contributed by atoms with Crippen LogP contribution in [-0.4, -0.2) is 0 Å². The van der Waals surface area contributed by atoms with Crippen LogP contribution in [-0.2, 0) is 6.42 Å². The first-order chi connectivity index (χ1) is 13.3. The molecule has 134 valence electrons. The zero-order valence-electron chi connectivity index (χ0n) is 15.8. The summed E-state index contributed by atoms with van der Waals surface area (Å²) in [6.07, 6.45) is 6.50. The zero-order valence-corrected chi connectivity index (χ0v) is 16.6. The van der Waals surface area contributed by atoms with Gasteiger partial charge < -0.3 is 0 Å². The molecule has 0 atom stereocenters. The lowest BCUT2D eigenvalue weighted by atomic mass is 10.00. The van der Waals surface area contributed by atoms with Crippen LogP contribution < -0.4 is 0 Å². The molecule has 5 aromatic rings. The van der Waals surface area contributed by atoms with E-state index in [1.54, 1.807) is 0 Å². The first-order valence-electron chi connectivity index (χ1n) is 10.1. The summed E-state index contributed by atoms with van der Waals surface area (Å²) in [7, 11) is 0. The maximum atomic E-state index is 2.40. The fourth-order valence-corrected chi connectivity index (χ4v) is 5.33. The van der Waals surface area contributed by atoms with Crippen molar-refractivity contribution in [3.8, 4) is 0 Å². The molecule has 0 nitrogen and oxygen atoms in total. The highest BCUT2D eigenvalue weighted by molar-refractivity contribution is 7.26. The van der Waals surface area contributed by atoms with Gasteiger partial charge in [-0.2, -0.15) is 0 Å². The van der Waals surface area contributed by atoms with Crippen LogP contribution in [0.4, 0.5) is 0 Å². The maximum absolute atomic E-state index is 2.40. The third-order valence-electron chi connectivity index (χ3n) is 5.68. The van der Waals surface area contributed by atoms with E-state index >= 15 is 0 Å². The molecule has 0 aliphatic carbocycles. The Morgan fingerprint density at radius 1 is 0.630 bits per heavy atom. The van der Waals surface area contributed by atoms with Gasteiger partial charge in [-0.1, -0.05) is 68.7 Å². The Morgan fingerprint density at radius 3 is 2.04 bits per heavy atom. The summed E-state index contributed by atoms with van der Waals surface area (Å²) < 4.78 is 2.79. The minimum atomic E-state index is 1.20. The van der Waals surface area contributed by atoms with Crippen LogP contribution in [0.1, 0.15) is 38.2 Å². The third kappa shape index (κ3) is 3.11. The molecule has 0 aliphatic heterocycles. The van der Waals surface area contributed by atoms with Crippen LogP contribution in [0, 0.1) is 0 Å². The van der Waals surface area contributed by atoms with E-state index in [0.29, 0.717) is 0 Å². The molecule has 0 aliphatic rings. The van der Waals surface area contributed by atoms with E-state index in [-0.39, 0.29) is 0 Å². The Morgan fingerprint density at radius 2 is 1.30 bits per heavy atom. The lowest BCUT2D eigenvalue weighted by molar-refractivity contribution is 0.667. The molecule has 1 heterocycles. The number of hydrogen-bond acceptors (Lipinski definition) is 1. The van der Waals surface area contributed by atoms with Crippen LogP contribution in [0.2, 0.25) is 0 Å². The van der Waals surface area contributed by atoms with Gasteiger partial charge >= 0.3 is 0 Å². The summed E-state index contributed by atoms with van der Waals surface area (Å²) in [5.41, 5.74) is 1.48. The number of aryl methyl sites for hydroxylation is 1. The lowest BCUT2D eigenvalue weighted by Crippen LogP contribution is -1.86. The van der Waals surface area contributed by atoms with E-state index in [1.807, 2.05) is 11.3 Å². The number of benzene rings is 4. The number of unbranched alkanes of at least 4 members (excludes halogenated alkanes) is 3. The molecular formula is C26H24S. The highest BCUT2D eigenvalue weighted by Gasteiger charge is 2.08. The van der Waals surface area contributed by atoms with E-state index in [4.69, 9.17) is 0 Å². The first kappa shape index (κ1) is 16.8. The van der Waals surface area contributed by atoms with Gasteiger partial charge in [0.05, 0.1) is 0 Å². The molecule has 0 saturated heterocycles. The van der Waals surface area contributed by atoms with Gasteiger partial charge in [-0.25, -0.2) is 0 Å².